The monoisotopic (exact) mass is 710 g/mol. The van der Waals surface area contributed by atoms with E-state index in [1.807, 2.05) is 0 Å². The van der Waals surface area contributed by atoms with Crippen molar-refractivity contribution in [3.8, 4) is 0 Å². The van der Waals surface area contributed by atoms with Gasteiger partial charge in [-0.3, -0.25) is 9.59 Å². The third-order valence-corrected chi connectivity index (χ3v) is 16.1. The van der Waals surface area contributed by atoms with Crippen molar-refractivity contribution in [2.24, 2.45) is 51.2 Å². The molecule has 1 saturated heterocycles. The van der Waals surface area contributed by atoms with Gasteiger partial charge in [0.05, 0.1) is 24.9 Å². The van der Waals surface area contributed by atoms with E-state index >= 15 is 0 Å². The summed E-state index contributed by atoms with van der Waals surface area (Å²) >= 11 is 0. The molecule has 0 aromatic carbocycles. The number of fused-ring (bicyclic) bond motifs is 2. The van der Waals surface area contributed by atoms with Gasteiger partial charge in [-0.15, -0.1) is 0 Å². The number of aliphatic hydroxyl groups excluding tert-OH is 5. The molecule has 12 nitrogen and oxygen atoms in total. The lowest BCUT2D eigenvalue weighted by Crippen LogP contribution is -2.60. The van der Waals surface area contributed by atoms with Crippen molar-refractivity contribution in [3.63, 3.8) is 0 Å². The van der Waals surface area contributed by atoms with Crippen LogP contribution in [0, 0.1) is 51.2 Å². The second kappa shape index (κ2) is 13.0. The minimum atomic E-state index is -1.81. The van der Waals surface area contributed by atoms with Crippen LogP contribution in [0.1, 0.15) is 106 Å². The summed E-state index contributed by atoms with van der Waals surface area (Å²) in [4.78, 5) is 24.9. The molecule has 2 unspecified atom stereocenters. The molecule has 2 spiro atoms. The summed E-state index contributed by atoms with van der Waals surface area (Å²) in [6, 6.07) is 0. The molecule has 0 radical (unpaired) electrons. The van der Waals surface area contributed by atoms with Gasteiger partial charge in [0.15, 0.2) is 6.29 Å². The molecule has 6 rings (SSSR count). The lowest BCUT2D eigenvalue weighted by molar-refractivity contribution is -0.304. The normalized spacial score (nSPS) is 47.9. The van der Waals surface area contributed by atoms with Crippen LogP contribution in [0.4, 0.5) is 0 Å². The van der Waals surface area contributed by atoms with Crippen molar-refractivity contribution in [3.05, 3.63) is 0 Å². The minimum absolute atomic E-state index is 0.0311. The van der Waals surface area contributed by atoms with E-state index in [0.717, 1.165) is 51.4 Å². The van der Waals surface area contributed by atoms with Crippen molar-refractivity contribution in [1.82, 2.24) is 0 Å². The number of aliphatic hydroxyl groups is 7. The van der Waals surface area contributed by atoms with Gasteiger partial charge < -0.3 is 50.0 Å². The second-order valence-corrected chi connectivity index (χ2v) is 18.3. The van der Waals surface area contributed by atoms with Gasteiger partial charge in [0.1, 0.15) is 42.4 Å². The van der Waals surface area contributed by atoms with Gasteiger partial charge in [0.25, 0.3) is 0 Å². The van der Waals surface area contributed by atoms with E-state index in [2.05, 4.69) is 20.8 Å². The highest BCUT2D eigenvalue weighted by molar-refractivity contribution is 5.83. The number of carbonyl (C=O) groups excluding carboxylic acids is 2. The zero-order chi connectivity index (χ0) is 36.8. The molecule has 0 amide bonds. The van der Waals surface area contributed by atoms with Crippen LogP contribution in [-0.4, -0.2) is 115 Å². The van der Waals surface area contributed by atoms with E-state index in [4.69, 9.17) is 14.2 Å². The zero-order valence-electron chi connectivity index (χ0n) is 30.7. The fraction of sp³-hybridized carbons (Fsp3) is 0.947. The summed E-state index contributed by atoms with van der Waals surface area (Å²) in [5.74, 6) is -0.107. The van der Waals surface area contributed by atoms with Crippen LogP contribution >= 0.6 is 0 Å². The van der Waals surface area contributed by atoms with Crippen molar-refractivity contribution >= 4 is 11.8 Å². The van der Waals surface area contributed by atoms with E-state index in [9.17, 15) is 45.3 Å². The average molecular weight is 711 g/mol. The van der Waals surface area contributed by atoms with Crippen molar-refractivity contribution in [1.29, 1.82) is 0 Å². The summed E-state index contributed by atoms with van der Waals surface area (Å²) in [5.41, 5.74) is -3.22. The van der Waals surface area contributed by atoms with Gasteiger partial charge in [0, 0.05) is 25.7 Å². The molecule has 12 heteroatoms. The number of carbonyl (C=O) groups is 2. The smallest absolute Gasteiger partial charge is 0.302 e. The van der Waals surface area contributed by atoms with Crippen LogP contribution in [0.3, 0.4) is 0 Å². The van der Waals surface area contributed by atoms with Gasteiger partial charge in [-0.2, -0.15) is 0 Å². The number of esters is 1. The van der Waals surface area contributed by atoms with E-state index < -0.39 is 60.6 Å². The number of hydrogen-bond acceptors (Lipinski definition) is 12. The summed E-state index contributed by atoms with van der Waals surface area (Å²) in [6.45, 7) is 10.1. The summed E-state index contributed by atoms with van der Waals surface area (Å²) < 4.78 is 16.8. The van der Waals surface area contributed by atoms with Gasteiger partial charge in [-0.1, -0.05) is 20.8 Å². The molecule has 5 saturated carbocycles. The van der Waals surface area contributed by atoms with Crippen LogP contribution in [-0.2, 0) is 23.8 Å². The maximum Gasteiger partial charge on any atom is 0.302 e. The molecular formula is C38H62O12. The first-order valence-corrected chi connectivity index (χ1v) is 18.9. The summed E-state index contributed by atoms with van der Waals surface area (Å²) in [6.07, 6.45) is 0.423. The molecule has 6 fully saturated rings. The zero-order valence-corrected chi connectivity index (χ0v) is 30.7. The highest BCUT2D eigenvalue weighted by Crippen LogP contribution is 2.88. The molecule has 0 bridgehead atoms. The number of ether oxygens (including phenoxy) is 3. The third-order valence-electron chi connectivity index (χ3n) is 16.1. The SMILES string of the molecule is CC(=O)OC[C@H]1O[C@@H](OC[C@@H]2C(=O)CC[C@]34C[C@]35CC[C@]3(C)[C@@H]([C@H](C)C(O)CC(O)(CO)C(C)(C)O)CC[C@@]3(C)[C@@H]5CC[C@@H]24)[C@H](O)[C@@H](O)[C@@H]1O. The van der Waals surface area contributed by atoms with Crippen LogP contribution in [0.15, 0.2) is 0 Å². The lowest BCUT2D eigenvalue weighted by Gasteiger charge is -2.62. The van der Waals surface area contributed by atoms with Crippen LogP contribution in [0.25, 0.3) is 0 Å². The van der Waals surface area contributed by atoms with Gasteiger partial charge in [-0.05, 0) is 111 Å². The molecule has 50 heavy (non-hydrogen) atoms. The Morgan fingerprint density at radius 2 is 1.66 bits per heavy atom. The molecule has 0 aromatic heterocycles. The van der Waals surface area contributed by atoms with Gasteiger partial charge in [-0.25, -0.2) is 0 Å². The Hall–Kier alpha value is -1.22. The number of hydrogen-bond donors (Lipinski definition) is 7. The molecular weight excluding hydrogens is 648 g/mol. The van der Waals surface area contributed by atoms with Crippen LogP contribution in [0.5, 0.6) is 0 Å². The molecule has 1 aliphatic heterocycles. The number of Topliss-reactive ketones (excluding diaryl/α,β-unsaturated/α-hetero) is 1. The maximum absolute atomic E-state index is 13.5. The summed E-state index contributed by atoms with van der Waals surface area (Å²) in [7, 11) is 0. The fourth-order valence-corrected chi connectivity index (χ4v) is 12.7. The Bertz CT molecular complexity index is 1300. The third kappa shape index (κ3) is 5.65. The first kappa shape index (κ1) is 38.5. The van der Waals surface area contributed by atoms with Crippen LogP contribution < -0.4 is 0 Å². The maximum atomic E-state index is 13.5. The molecule has 1 heterocycles. The minimum Gasteiger partial charge on any atom is -0.463 e. The summed E-state index contributed by atoms with van der Waals surface area (Å²) in [5, 5.41) is 74.6. The quantitative estimate of drug-likeness (QED) is 0.154. The van der Waals surface area contributed by atoms with Crippen molar-refractivity contribution in [2.45, 2.75) is 154 Å². The van der Waals surface area contributed by atoms with Gasteiger partial charge >= 0.3 is 5.97 Å². The van der Waals surface area contributed by atoms with Gasteiger partial charge in [0.2, 0.25) is 0 Å². The first-order chi connectivity index (χ1) is 23.2. The van der Waals surface area contributed by atoms with E-state index in [1.54, 1.807) is 0 Å². The second-order valence-electron chi connectivity index (χ2n) is 18.3. The topological polar surface area (TPSA) is 203 Å². The van der Waals surface area contributed by atoms with E-state index in [-0.39, 0.29) is 70.7 Å². The predicted molar refractivity (Wildman–Crippen MR) is 179 cm³/mol. The number of rotatable bonds is 11. The first-order valence-electron chi connectivity index (χ1n) is 18.9. The molecule has 5 aliphatic carbocycles. The Labute approximate surface area is 295 Å². The predicted octanol–water partition coefficient (Wildman–Crippen LogP) is 1.85. The van der Waals surface area contributed by atoms with Crippen molar-refractivity contribution in [2.75, 3.05) is 19.8 Å². The highest BCUT2D eigenvalue weighted by Gasteiger charge is 2.81. The van der Waals surface area contributed by atoms with E-state index in [1.165, 1.54) is 20.8 Å². The molecule has 16 atom stereocenters. The molecule has 7 N–H and O–H groups in total. The molecule has 6 aliphatic rings. The van der Waals surface area contributed by atoms with Crippen molar-refractivity contribution < 1.29 is 59.5 Å². The Balaban J connectivity index is 1.16. The molecule has 286 valence electrons. The standard InChI is InChI=1S/C38H62O12/c1-20(26(42)15-38(47,19-39)33(3,4)46)23-9-11-35(6)28-8-7-24-22(25(41)10-12-36(24)18-37(28,36)14-13-34(23,35)5)16-49-32-31(45)30(44)29(43)27(50-32)17-48-21(2)40/h20,22-24,26-32,39,42-47H,7-19H2,1-6H3/t20-,22-,23+,24-,26?,27+,28-,29+,30-,31+,32+,34+,35-,36+,37-,38?/m0/s1. The Morgan fingerprint density at radius 1 is 0.960 bits per heavy atom. The number of ketones is 1. The lowest BCUT2D eigenvalue weighted by atomic mass is 9.43. The highest BCUT2D eigenvalue weighted by atomic mass is 16.7. The molecule has 0 aromatic rings. The Kier molecular flexibility index (Phi) is 9.99. The fourth-order valence-electron chi connectivity index (χ4n) is 12.7. The Morgan fingerprint density at radius 3 is 2.30 bits per heavy atom. The average Bonchev–Trinajstić information content (AvgIpc) is 3.64. The van der Waals surface area contributed by atoms with Crippen LogP contribution in [0.2, 0.25) is 0 Å². The van der Waals surface area contributed by atoms with E-state index in [0.29, 0.717) is 12.3 Å². The largest absolute Gasteiger partial charge is 0.463 e.